The minimum Gasteiger partial charge on any atom is -0.399 e. The summed E-state index contributed by atoms with van der Waals surface area (Å²) in [5, 5.41) is 0.113. The highest BCUT2D eigenvalue weighted by Crippen LogP contribution is 2.24. The Kier molecular flexibility index (Phi) is 3.58. The Hall–Kier alpha value is -1.87. The molecule has 0 aromatic heterocycles. The van der Waals surface area contributed by atoms with Gasteiger partial charge < -0.3 is 5.73 Å². The predicted octanol–water partition coefficient (Wildman–Crippen LogP) is 3.91. The van der Waals surface area contributed by atoms with Crippen LogP contribution in [-0.4, -0.2) is 5.78 Å². The third-order valence-corrected chi connectivity index (χ3v) is 3.34. The van der Waals surface area contributed by atoms with Gasteiger partial charge in [-0.1, -0.05) is 11.6 Å². The molecule has 0 unspecified atom stereocenters. The molecular weight excluding hydrogens is 265 g/mol. The van der Waals surface area contributed by atoms with Crippen molar-refractivity contribution in [1.29, 1.82) is 0 Å². The van der Waals surface area contributed by atoms with Crippen LogP contribution in [0.2, 0.25) is 5.02 Å². The summed E-state index contributed by atoms with van der Waals surface area (Å²) < 4.78 is 13.3. The molecule has 98 valence electrons. The molecule has 0 aliphatic heterocycles. The van der Waals surface area contributed by atoms with Crippen molar-refractivity contribution in [2.45, 2.75) is 13.8 Å². The Morgan fingerprint density at radius 2 is 1.84 bits per heavy atom. The fraction of sp³-hybridized carbons (Fsp3) is 0.133. The molecule has 2 nitrogen and oxygen atoms in total. The van der Waals surface area contributed by atoms with Gasteiger partial charge in [0.25, 0.3) is 0 Å². The summed E-state index contributed by atoms with van der Waals surface area (Å²) in [7, 11) is 0. The maximum Gasteiger partial charge on any atom is 0.194 e. The first kappa shape index (κ1) is 13.6. The number of anilines is 1. The average molecular weight is 278 g/mol. The molecule has 2 N–H and O–H groups in total. The lowest BCUT2D eigenvalue weighted by molar-refractivity contribution is 0.103. The van der Waals surface area contributed by atoms with Crippen LogP contribution >= 0.6 is 11.6 Å². The van der Waals surface area contributed by atoms with Gasteiger partial charge in [0.2, 0.25) is 0 Å². The molecule has 4 heteroatoms. The van der Waals surface area contributed by atoms with Gasteiger partial charge >= 0.3 is 0 Å². The molecule has 0 aliphatic rings. The zero-order valence-corrected chi connectivity index (χ0v) is 11.4. The molecule has 0 saturated carbocycles. The van der Waals surface area contributed by atoms with Crippen LogP contribution in [0.15, 0.2) is 30.3 Å². The van der Waals surface area contributed by atoms with Gasteiger partial charge in [-0.25, -0.2) is 4.39 Å². The van der Waals surface area contributed by atoms with Crippen molar-refractivity contribution < 1.29 is 9.18 Å². The van der Waals surface area contributed by atoms with Crippen molar-refractivity contribution in [3.63, 3.8) is 0 Å². The van der Waals surface area contributed by atoms with Gasteiger partial charge in [0.1, 0.15) is 5.82 Å². The van der Waals surface area contributed by atoms with E-state index in [1.54, 1.807) is 25.1 Å². The van der Waals surface area contributed by atoms with Crippen molar-refractivity contribution in [2.75, 3.05) is 5.73 Å². The van der Waals surface area contributed by atoms with E-state index >= 15 is 0 Å². The highest BCUT2D eigenvalue weighted by molar-refractivity contribution is 6.35. The number of aryl methyl sites for hydroxylation is 2. The molecule has 0 spiro atoms. The standard InChI is InChI=1S/C15H13ClFNO/c1-8-6-11(12(16)7-13(8)17)15(19)10-3-4-14(18)9(2)5-10/h3-7H,18H2,1-2H3. The van der Waals surface area contributed by atoms with Crippen molar-refractivity contribution in [2.24, 2.45) is 0 Å². The minimum absolute atomic E-state index is 0.113. The van der Waals surface area contributed by atoms with Gasteiger partial charge in [0.15, 0.2) is 5.78 Å². The number of halogens is 2. The lowest BCUT2D eigenvalue weighted by Crippen LogP contribution is -2.05. The van der Waals surface area contributed by atoms with E-state index in [0.717, 1.165) is 11.6 Å². The van der Waals surface area contributed by atoms with Crippen molar-refractivity contribution >= 4 is 23.1 Å². The quantitative estimate of drug-likeness (QED) is 0.668. The smallest absolute Gasteiger partial charge is 0.194 e. The second-order valence-electron chi connectivity index (χ2n) is 4.48. The topological polar surface area (TPSA) is 43.1 Å². The number of carbonyl (C=O) groups excluding carboxylic acids is 1. The van der Waals surface area contributed by atoms with Crippen LogP contribution in [0.3, 0.4) is 0 Å². The van der Waals surface area contributed by atoms with E-state index in [1.165, 1.54) is 6.07 Å². The first-order chi connectivity index (χ1) is 8.90. The summed E-state index contributed by atoms with van der Waals surface area (Å²) in [5.74, 6) is -0.661. The van der Waals surface area contributed by atoms with Crippen molar-refractivity contribution in [3.05, 3.63) is 63.4 Å². The molecular formula is C15H13ClFNO. The third kappa shape index (κ3) is 2.61. The van der Waals surface area contributed by atoms with Gasteiger partial charge in [-0.15, -0.1) is 0 Å². The molecule has 0 heterocycles. The maximum atomic E-state index is 13.3. The molecule has 2 aromatic carbocycles. The molecule has 0 atom stereocenters. The number of carbonyl (C=O) groups is 1. The Morgan fingerprint density at radius 1 is 1.16 bits per heavy atom. The Balaban J connectivity index is 2.49. The van der Waals surface area contributed by atoms with Crippen LogP contribution in [0, 0.1) is 19.7 Å². The number of rotatable bonds is 2. The SMILES string of the molecule is Cc1cc(C(=O)c2cc(C)c(F)cc2Cl)ccc1N. The zero-order chi connectivity index (χ0) is 14.2. The molecule has 2 aromatic rings. The van der Waals surface area contributed by atoms with E-state index in [4.69, 9.17) is 17.3 Å². The number of nitrogen functional groups attached to an aromatic ring is 1. The van der Waals surface area contributed by atoms with Crippen LogP contribution in [0.4, 0.5) is 10.1 Å². The molecule has 0 aliphatic carbocycles. The van der Waals surface area contributed by atoms with Crippen LogP contribution in [-0.2, 0) is 0 Å². The molecule has 0 radical (unpaired) electrons. The number of ketones is 1. The molecule has 2 rings (SSSR count). The van der Waals surface area contributed by atoms with E-state index in [-0.39, 0.29) is 10.8 Å². The number of nitrogens with two attached hydrogens (primary N) is 1. The highest BCUT2D eigenvalue weighted by Gasteiger charge is 2.15. The summed E-state index contributed by atoms with van der Waals surface area (Å²) in [5.41, 5.74) is 8.33. The molecule has 0 fully saturated rings. The fourth-order valence-electron chi connectivity index (χ4n) is 1.80. The lowest BCUT2D eigenvalue weighted by Gasteiger charge is -2.08. The van der Waals surface area contributed by atoms with Gasteiger partial charge in [0.05, 0.1) is 5.02 Å². The second kappa shape index (κ2) is 5.02. The van der Waals surface area contributed by atoms with E-state index in [1.807, 2.05) is 6.92 Å². The molecule has 0 bridgehead atoms. The molecule has 0 amide bonds. The van der Waals surface area contributed by atoms with Crippen LogP contribution in [0.1, 0.15) is 27.0 Å². The van der Waals surface area contributed by atoms with E-state index in [2.05, 4.69) is 0 Å². The monoisotopic (exact) mass is 277 g/mol. The Bertz CT molecular complexity index is 667. The fourth-order valence-corrected chi connectivity index (χ4v) is 2.04. The molecule has 0 saturated heterocycles. The zero-order valence-electron chi connectivity index (χ0n) is 10.6. The third-order valence-electron chi connectivity index (χ3n) is 3.02. The summed E-state index contributed by atoms with van der Waals surface area (Å²) in [6, 6.07) is 7.64. The van der Waals surface area contributed by atoms with Crippen LogP contribution < -0.4 is 5.73 Å². The van der Waals surface area contributed by atoms with E-state index in [9.17, 15) is 9.18 Å². The molecule has 19 heavy (non-hydrogen) atoms. The van der Waals surface area contributed by atoms with Crippen LogP contribution in [0.25, 0.3) is 0 Å². The van der Waals surface area contributed by atoms with Gasteiger partial charge in [-0.3, -0.25) is 4.79 Å². The Labute approximate surface area is 116 Å². The van der Waals surface area contributed by atoms with Gasteiger partial charge in [-0.05, 0) is 55.3 Å². The summed E-state index contributed by atoms with van der Waals surface area (Å²) in [6.07, 6.45) is 0. The summed E-state index contributed by atoms with van der Waals surface area (Å²) >= 11 is 5.93. The van der Waals surface area contributed by atoms with Crippen molar-refractivity contribution in [1.82, 2.24) is 0 Å². The van der Waals surface area contributed by atoms with Crippen molar-refractivity contribution in [3.8, 4) is 0 Å². The van der Waals surface area contributed by atoms with E-state index in [0.29, 0.717) is 22.4 Å². The average Bonchev–Trinajstić information content (AvgIpc) is 2.36. The number of hydrogen-bond acceptors (Lipinski definition) is 2. The number of hydrogen-bond donors (Lipinski definition) is 1. The van der Waals surface area contributed by atoms with Gasteiger partial charge in [0, 0.05) is 16.8 Å². The van der Waals surface area contributed by atoms with Gasteiger partial charge in [-0.2, -0.15) is 0 Å². The summed E-state index contributed by atoms with van der Waals surface area (Å²) in [4.78, 5) is 12.3. The summed E-state index contributed by atoms with van der Waals surface area (Å²) in [6.45, 7) is 3.42. The Morgan fingerprint density at radius 3 is 2.47 bits per heavy atom. The van der Waals surface area contributed by atoms with E-state index < -0.39 is 5.82 Å². The predicted molar refractivity (Wildman–Crippen MR) is 75.2 cm³/mol. The number of benzene rings is 2. The largest absolute Gasteiger partial charge is 0.399 e. The minimum atomic E-state index is -0.421. The first-order valence-corrected chi connectivity index (χ1v) is 6.14. The lowest BCUT2D eigenvalue weighted by atomic mass is 9.99. The van der Waals surface area contributed by atoms with Crippen LogP contribution in [0.5, 0.6) is 0 Å². The highest BCUT2D eigenvalue weighted by atomic mass is 35.5. The normalized spacial score (nSPS) is 10.5. The first-order valence-electron chi connectivity index (χ1n) is 5.76. The second-order valence-corrected chi connectivity index (χ2v) is 4.89. The maximum absolute atomic E-state index is 13.3.